The molecule has 0 aliphatic carbocycles. The van der Waals surface area contributed by atoms with Crippen molar-refractivity contribution in [1.82, 2.24) is 14.7 Å². The van der Waals surface area contributed by atoms with Crippen LogP contribution in [0.4, 0.5) is 0 Å². The number of carbonyl (C=O) groups excluding carboxylic acids is 1. The van der Waals surface area contributed by atoms with Crippen LogP contribution in [0.15, 0.2) is 0 Å². The summed E-state index contributed by atoms with van der Waals surface area (Å²) in [5.41, 5.74) is 0. The van der Waals surface area contributed by atoms with Crippen molar-refractivity contribution in [3.05, 3.63) is 0 Å². The smallest absolute Gasteiger partial charge is 0.236 e. The molecule has 116 valence electrons. The van der Waals surface area contributed by atoms with Gasteiger partial charge in [0.1, 0.15) is 0 Å². The number of amides is 1. The van der Waals surface area contributed by atoms with Gasteiger partial charge in [-0.3, -0.25) is 9.69 Å². The van der Waals surface area contributed by atoms with Crippen molar-refractivity contribution in [3.63, 3.8) is 0 Å². The van der Waals surface area contributed by atoms with Crippen LogP contribution in [0.1, 0.15) is 32.6 Å². The quantitative estimate of drug-likeness (QED) is 0.793. The van der Waals surface area contributed by atoms with Gasteiger partial charge in [-0.25, -0.2) is 0 Å². The molecule has 0 aromatic carbocycles. The van der Waals surface area contributed by atoms with Crippen LogP contribution in [0, 0.1) is 0 Å². The number of aliphatic hydroxyl groups is 1. The zero-order chi connectivity index (χ0) is 14.4. The van der Waals surface area contributed by atoms with Crippen molar-refractivity contribution < 1.29 is 9.90 Å². The van der Waals surface area contributed by atoms with Crippen molar-refractivity contribution in [2.45, 2.75) is 38.6 Å². The molecule has 1 atom stereocenters. The van der Waals surface area contributed by atoms with E-state index in [2.05, 4.69) is 21.6 Å². The van der Waals surface area contributed by atoms with Crippen molar-refractivity contribution in [3.8, 4) is 0 Å². The van der Waals surface area contributed by atoms with Gasteiger partial charge in [-0.15, -0.1) is 0 Å². The van der Waals surface area contributed by atoms with E-state index in [0.29, 0.717) is 18.5 Å². The Kier molecular flexibility index (Phi) is 6.26. The van der Waals surface area contributed by atoms with Crippen molar-refractivity contribution in [1.29, 1.82) is 0 Å². The van der Waals surface area contributed by atoms with Crippen LogP contribution in [-0.2, 0) is 4.79 Å². The SMILES string of the molecule is CC1CCCCN1C(=O)CN1CCN(CCCO)CC1. The summed E-state index contributed by atoms with van der Waals surface area (Å²) in [6.07, 6.45) is 4.42. The van der Waals surface area contributed by atoms with Gasteiger partial charge in [0.25, 0.3) is 0 Å². The molecule has 1 N–H and O–H groups in total. The van der Waals surface area contributed by atoms with Gasteiger partial charge in [0.2, 0.25) is 5.91 Å². The Morgan fingerprint density at radius 1 is 1.10 bits per heavy atom. The molecule has 20 heavy (non-hydrogen) atoms. The molecule has 2 rings (SSSR count). The molecule has 2 aliphatic heterocycles. The second-order valence-electron chi connectivity index (χ2n) is 6.13. The van der Waals surface area contributed by atoms with Gasteiger partial charge in [0, 0.05) is 51.9 Å². The van der Waals surface area contributed by atoms with E-state index in [1.54, 1.807) is 0 Å². The highest BCUT2D eigenvalue weighted by atomic mass is 16.3. The Balaban J connectivity index is 1.70. The second-order valence-corrected chi connectivity index (χ2v) is 6.13. The van der Waals surface area contributed by atoms with Crippen molar-refractivity contribution in [2.24, 2.45) is 0 Å². The summed E-state index contributed by atoms with van der Waals surface area (Å²) < 4.78 is 0. The summed E-state index contributed by atoms with van der Waals surface area (Å²) in [7, 11) is 0. The maximum atomic E-state index is 12.4. The minimum atomic E-state index is 0.269. The highest BCUT2D eigenvalue weighted by Crippen LogP contribution is 2.16. The fraction of sp³-hybridized carbons (Fsp3) is 0.933. The molecule has 2 saturated heterocycles. The standard InChI is InChI=1S/C15H29N3O2/c1-14-5-2-3-7-18(14)15(20)13-17-10-8-16(9-11-17)6-4-12-19/h14,19H,2-13H2,1H3. The average Bonchev–Trinajstić information content (AvgIpc) is 2.47. The molecule has 0 aromatic rings. The molecule has 1 unspecified atom stereocenters. The lowest BCUT2D eigenvalue weighted by atomic mass is 10.0. The average molecular weight is 283 g/mol. The van der Waals surface area contributed by atoms with Crippen LogP contribution in [0.25, 0.3) is 0 Å². The van der Waals surface area contributed by atoms with Gasteiger partial charge in [0.15, 0.2) is 0 Å². The summed E-state index contributed by atoms with van der Waals surface area (Å²) in [6, 6.07) is 0.419. The number of likely N-dealkylation sites (tertiary alicyclic amines) is 1. The lowest BCUT2D eigenvalue weighted by molar-refractivity contribution is -0.136. The predicted octanol–water partition coefficient (Wildman–Crippen LogP) is 0.387. The summed E-state index contributed by atoms with van der Waals surface area (Å²) in [5.74, 6) is 0.306. The third-order valence-electron chi connectivity index (χ3n) is 4.58. The van der Waals surface area contributed by atoms with E-state index in [-0.39, 0.29) is 6.61 Å². The molecule has 0 bridgehead atoms. The fourth-order valence-corrected chi connectivity index (χ4v) is 3.22. The van der Waals surface area contributed by atoms with E-state index in [1.807, 2.05) is 0 Å². The van der Waals surface area contributed by atoms with Crippen LogP contribution >= 0.6 is 0 Å². The molecule has 5 heteroatoms. The number of rotatable bonds is 5. The number of nitrogens with zero attached hydrogens (tertiary/aromatic N) is 3. The monoisotopic (exact) mass is 283 g/mol. The lowest BCUT2D eigenvalue weighted by Crippen LogP contribution is -2.52. The van der Waals surface area contributed by atoms with E-state index < -0.39 is 0 Å². The molecule has 5 nitrogen and oxygen atoms in total. The highest BCUT2D eigenvalue weighted by molar-refractivity contribution is 5.78. The zero-order valence-corrected chi connectivity index (χ0v) is 12.8. The molecular weight excluding hydrogens is 254 g/mol. The molecule has 2 aliphatic rings. The van der Waals surface area contributed by atoms with Crippen molar-refractivity contribution in [2.75, 3.05) is 52.4 Å². The summed E-state index contributed by atoms with van der Waals surface area (Å²) in [6.45, 7) is 8.91. The summed E-state index contributed by atoms with van der Waals surface area (Å²) in [4.78, 5) is 19.1. The first kappa shape index (κ1) is 15.7. The summed E-state index contributed by atoms with van der Waals surface area (Å²) >= 11 is 0. The molecule has 2 fully saturated rings. The predicted molar refractivity (Wildman–Crippen MR) is 79.6 cm³/mol. The largest absolute Gasteiger partial charge is 0.396 e. The van der Waals surface area contributed by atoms with E-state index in [4.69, 9.17) is 5.11 Å². The summed E-state index contributed by atoms with van der Waals surface area (Å²) in [5, 5.41) is 8.85. The zero-order valence-electron chi connectivity index (χ0n) is 12.8. The lowest BCUT2D eigenvalue weighted by Gasteiger charge is -2.38. The molecule has 0 aromatic heterocycles. The Morgan fingerprint density at radius 3 is 2.45 bits per heavy atom. The Labute approximate surface area is 122 Å². The number of piperidine rings is 1. The minimum Gasteiger partial charge on any atom is -0.396 e. The highest BCUT2D eigenvalue weighted by Gasteiger charge is 2.25. The Hall–Kier alpha value is -0.650. The molecular formula is C15H29N3O2. The first-order valence-electron chi connectivity index (χ1n) is 8.05. The number of aliphatic hydroxyl groups excluding tert-OH is 1. The van der Waals surface area contributed by atoms with E-state index in [1.165, 1.54) is 6.42 Å². The van der Waals surface area contributed by atoms with Crippen LogP contribution in [0.5, 0.6) is 0 Å². The Bertz CT molecular complexity index is 303. The van der Waals surface area contributed by atoms with Gasteiger partial charge in [-0.1, -0.05) is 0 Å². The number of hydrogen-bond donors (Lipinski definition) is 1. The second kappa shape index (κ2) is 7.96. The molecule has 0 spiro atoms. The van der Waals surface area contributed by atoms with Gasteiger partial charge < -0.3 is 14.9 Å². The van der Waals surface area contributed by atoms with Gasteiger partial charge in [-0.2, -0.15) is 0 Å². The molecule has 2 heterocycles. The topological polar surface area (TPSA) is 47.0 Å². The maximum Gasteiger partial charge on any atom is 0.236 e. The van der Waals surface area contributed by atoms with Gasteiger partial charge >= 0.3 is 0 Å². The van der Waals surface area contributed by atoms with Crippen LogP contribution < -0.4 is 0 Å². The fourth-order valence-electron chi connectivity index (χ4n) is 3.22. The molecule has 0 radical (unpaired) electrons. The number of piperazine rings is 1. The normalized spacial score (nSPS) is 25.9. The van der Waals surface area contributed by atoms with E-state index in [9.17, 15) is 4.79 Å². The van der Waals surface area contributed by atoms with Gasteiger partial charge in [0.05, 0.1) is 6.54 Å². The van der Waals surface area contributed by atoms with Crippen LogP contribution in [0.2, 0.25) is 0 Å². The first-order valence-corrected chi connectivity index (χ1v) is 8.05. The third kappa shape index (κ3) is 4.43. The maximum absolute atomic E-state index is 12.4. The van der Waals surface area contributed by atoms with Crippen LogP contribution in [0.3, 0.4) is 0 Å². The van der Waals surface area contributed by atoms with Crippen LogP contribution in [-0.4, -0.2) is 84.2 Å². The number of carbonyl (C=O) groups is 1. The van der Waals surface area contributed by atoms with E-state index >= 15 is 0 Å². The van der Waals surface area contributed by atoms with E-state index in [0.717, 1.165) is 58.5 Å². The third-order valence-corrected chi connectivity index (χ3v) is 4.58. The van der Waals surface area contributed by atoms with Crippen molar-refractivity contribution >= 4 is 5.91 Å². The Morgan fingerprint density at radius 2 is 1.80 bits per heavy atom. The molecule has 0 saturated carbocycles. The number of hydrogen-bond acceptors (Lipinski definition) is 4. The minimum absolute atomic E-state index is 0.269. The van der Waals surface area contributed by atoms with Gasteiger partial charge in [-0.05, 0) is 32.6 Å². The molecule has 1 amide bonds. The first-order chi connectivity index (χ1) is 9.70.